The lowest BCUT2D eigenvalue weighted by Crippen LogP contribution is -2.13. The van der Waals surface area contributed by atoms with Crippen LogP contribution in [0.25, 0.3) is 0 Å². The number of carbonyl (C=O) groups is 1. The molecule has 0 aliphatic heterocycles. The van der Waals surface area contributed by atoms with Gasteiger partial charge in [0.15, 0.2) is 0 Å². The van der Waals surface area contributed by atoms with Crippen LogP contribution in [0, 0.1) is 26.2 Å². The highest BCUT2D eigenvalue weighted by molar-refractivity contribution is 5.67. The summed E-state index contributed by atoms with van der Waals surface area (Å²) in [6.45, 7) is 3.87. The zero-order valence-corrected chi connectivity index (χ0v) is 11.3. The Morgan fingerprint density at radius 1 is 0.950 bits per heavy atom. The van der Waals surface area contributed by atoms with Crippen LogP contribution in [-0.4, -0.2) is 6.16 Å². The average Bonchev–Trinajstić information content (AvgIpc) is 2.38. The third-order valence-corrected chi connectivity index (χ3v) is 2.62. The minimum atomic E-state index is -0.775. The molecule has 0 saturated heterocycles. The minimum Gasteiger partial charge on any atom is -0.395 e. The molecule has 20 heavy (non-hydrogen) atoms. The SMILES string of the molecule is C#Cc1ccc(OC(=O)Oc2cc(C)cc(C)c2)cc1. The first-order valence-electron chi connectivity index (χ1n) is 6.11. The van der Waals surface area contributed by atoms with Crippen molar-refractivity contribution in [2.45, 2.75) is 13.8 Å². The number of hydrogen-bond donors (Lipinski definition) is 0. The Hall–Kier alpha value is -2.73. The van der Waals surface area contributed by atoms with Crippen molar-refractivity contribution in [3.05, 3.63) is 59.2 Å². The fourth-order valence-corrected chi connectivity index (χ4v) is 1.82. The van der Waals surface area contributed by atoms with Crippen molar-refractivity contribution >= 4 is 6.16 Å². The maximum atomic E-state index is 11.7. The molecule has 0 unspecified atom stereocenters. The predicted octanol–water partition coefficient (Wildman–Crippen LogP) is 3.86. The molecule has 0 bridgehead atoms. The van der Waals surface area contributed by atoms with E-state index in [-0.39, 0.29) is 0 Å². The van der Waals surface area contributed by atoms with Gasteiger partial charge in [0.25, 0.3) is 0 Å². The Morgan fingerprint density at radius 2 is 1.50 bits per heavy atom. The van der Waals surface area contributed by atoms with Crippen molar-refractivity contribution in [2.75, 3.05) is 0 Å². The molecule has 100 valence electrons. The Kier molecular flexibility index (Phi) is 4.07. The van der Waals surface area contributed by atoms with Crippen LogP contribution in [0.2, 0.25) is 0 Å². The second kappa shape index (κ2) is 5.94. The van der Waals surface area contributed by atoms with Crippen molar-refractivity contribution in [2.24, 2.45) is 0 Å². The van der Waals surface area contributed by atoms with Crippen LogP contribution < -0.4 is 9.47 Å². The molecule has 3 heteroatoms. The lowest BCUT2D eigenvalue weighted by molar-refractivity contribution is 0.152. The molecule has 0 aromatic heterocycles. The summed E-state index contributed by atoms with van der Waals surface area (Å²) in [5, 5.41) is 0. The Labute approximate surface area is 118 Å². The fraction of sp³-hybridized carbons (Fsp3) is 0.118. The Morgan fingerprint density at radius 3 is 2.05 bits per heavy atom. The van der Waals surface area contributed by atoms with Crippen LogP contribution in [0.5, 0.6) is 11.5 Å². The van der Waals surface area contributed by atoms with Crippen molar-refractivity contribution in [3.8, 4) is 23.8 Å². The summed E-state index contributed by atoms with van der Waals surface area (Å²) in [5.74, 6) is 3.34. The number of benzene rings is 2. The first kappa shape index (κ1) is 13.7. The molecular formula is C17H14O3. The van der Waals surface area contributed by atoms with Crippen LogP contribution in [0.4, 0.5) is 4.79 Å². The molecule has 0 saturated carbocycles. The number of aryl methyl sites for hydroxylation is 2. The number of terminal acetylenes is 1. The summed E-state index contributed by atoms with van der Waals surface area (Å²) in [6, 6.07) is 12.2. The number of ether oxygens (including phenoxy) is 2. The summed E-state index contributed by atoms with van der Waals surface area (Å²) in [5.41, 5.74) is 2.76. The highest BCUT2D eigenvalue weighted by Crippen LogP contribution is 2.18. The zero-order valence-electron chi connectivity index (χ0n) is 11.3. The minimum absolute atomic E-state index is 0.387. The maximum Gasteiger partial charge on any atom is 0.519 e. The third kappa shape index (κ3) is 3.63. The monoisotopic (exact) mass is 266 g/mol. The molecule has 0 amide bonds. The van der Waals surface area contributed by atoms with E-state index in [1.807, 2.05) is 19.9 Å². The van der Waals surface area contributed by atoms with Gasteiger partial charge in [-0.3, -0.25) is 0 Å². The molecular weight excluding hydrogens is 252 g/mol. The van der Waals surface area contributed by atoms with Crippen LogP contribution in [-0.2, 0) is 0 Å². The van der Waals surface area contributed by atoms with E-state index >= 15 is 0 Å². The highest BCUT2D eigenvalue weighted by Gasteiger charge is 2.08. The number of rotatable bonds is 2. The first-order chi connectivity index (χ1) is 9.56. The first-order valence-corrected chi connectivity index (χ1v) is 6.11. The molecule has 2 rings (SSSR count). The van der Waals surface area contributed by atoms with E-state index in [0.29, 0.717) is 11.5 Å². The van der Waals surface area contributed by atoms with Gasteiger partial charge in [0.1, 0.15) is 11.5 Å². The van der Waals surface area contributed by atoms with Crippen molar-refractivity contribution in [3.63, 3.8) is 0 Å². The van der Waals surface area contributed by atoms with Gasteiger partial charge < -0.3 is 9.47 Å². The maximum absolute atomic E-state index is 11.7. The van der Waals surface area contributed by atoms with Crippen molar-refractivity contribution in [1.82, 2.24) is 0 Å². The summed E-state index contributed by atoms with van der Waals surface area (Å²) >= 11 is 0. The largest absolute Gasteiger partial charge is 0.519 e. The lowest BCUT2D eigenvalue weighted by atomic mass is 10.1. The molecule has 0 fully saturated rings. The highest BCUT2D eigenvalue weighted by atomic mass is 16.7. The lowest BCUT2D eigenvalue weighted by Gasteiger charge is -2.07. The van der Waals surface area contributed by atoms with Gasteiger partial charge in [0.05, 0.1) is 0 Å². The van der Waals surface area contributed by atoms with Crippen LogP contribution in [0.15, 0.2) is 42.5 Å². The molecule has 0 radical (unpaired) electrons. The summed E-state index contributed by atoms with van der Waals surface area (Å²) in [4.78, 5) is 11.7. The van der Waals surface area contributed by atoms with Gasteiger partial charge in [-0.15, -0.1) is 6.42 Å². The third-order valence-electron chi connectivity index (χ3n) is 2.62. The molecule has 2 aromatic carbocycles. The second-order valence-electron chi connectivity index (χ2n) is 4.45. The molecule has 0 spiro atoms. The van der Waals surface area contributed by atoms with E-state index in [4.69, 9.17) is 15.9 Å². The van der Waals surface area contributed by atoms with Gasteiger partial charge in [-0.2, -0.15) is 0 Å². The van der Waals surface area contributed by atoms with Gasteiger partial charge in [-0.05, 0) is 61.4 Å². The van der Waals surface area contributed by atoms with Gasteiger partial charge in [-0.1, -0.05) is 12.0 Å². The number of hydrogen-bond acceptors (Lipinski definition) is 3. The summed E-state index contributed by atoms with van der Waals surface area (Å²) < 4.78 is 10.2. The van der Waals surface area contributed by atoms with Gasteiger partial charge in [0, 0.05) is 5.56 Å². The average molecular weight is 266 g/mol. The standard InChI is InChI=1S/C17H14O3/c1-4-14-5-7-15(8-6-14)19-17(18)20-16-10-12(2)9-13(3)11-16/h1,5-11H,2-3H3. The second-order valence-corrected chi connectivity index (χ2v) is 4.45. The van der Waals surface area contributed by atoms with E-state index in [0.717, 1.165) is 16.7 Å². The molecule has 0 heterocycles. The molecule has 0 aliphatic rings. The predicted molar refractivity (Wildman–Crippen MR) is 76.9 cm³/mol. The Bertz CT molecular complexity index is 643. The van der Waals surface area contributed by atoms with Crippen LogP contribution in [0.1, 0.15) is 16.7 Å². The Balaban J connectivity index is 2.03. The van der Waals surface area contributed by atoms with Gasteiger partial charge >= 0.3 is 6.16 Å². The zero-order chi connectivity index (χ0) is 14.5. The quantitative estimate of drug-likeness (QED) is 0.470. The van der Waals surface area contributed by atoms with Crippen LogP contribution >= 0.6 is 0 Å². The summed E-state index contributed by atoms with van der Waals surface area (Å²) in [7, 11) is 0. The van der Waals surface area contributed by atoms with E-state index in [1.54, 1.807) is 36.4 Å². The van der Waals surface area contributed by atoms with E-state index < -0.39 is 6.16 Å². The van der Waals surface area contributed by atoms with Gasteiger partial charge in [-0.25, -0.2) is 4.79 Å². The fourth-order valence-electron chi connectivity index (χ4n) is 1.82. The van der Waals surface area contributed by atoms with E-state index in [1.165, 1.54) is 0 Å². The molecule has 0 N–H and O–H groups in total. The van der Waals surface area contributed by atoms with E-state index in [9.17, 15) is 4.79 Å². The topological polar surface area (TPSA) is 35.5 Å². The molecule has 0 atom stereocenters. The molecule has 3 nitrogen and oxygen atoms in total. The van der Waals surface area contributed by atoms with E-state index in [2.05, 4.69) is 5.92 Å². The van der Waals surface area contributed by atoms with Gasteiger partial charge in [0.2, 0.25) is 0 Å². The summed E-state index contributed by atoms with van der Waals surface area (Å²) in [6.07, 6.45) is 4.47. The van der Waals surface area contributed by atoms with Crippen LogP contribution in [0.3, 0.4) is 0 Å². The van der Waals surface area contributed by atoms with Crippen molar-refractivity contribution in [1.29, 1.82) is 0 Å². The number of carbonyl (C=O) groups excluding carboxylic acids is 1. The normalized spacial score (nSPS) is 9.65. The van der Waals surface area contributed by atoms with Crippen molar-refractivity contribution < 1.29 is 14.3 Å². The smallest absolute Gasteiger partial charge is 0.395 e. The molecule has 0 aliphatic carbocycles. The molecule has 2 aromatic rings.